The van der Waals surface area contributed by atoms with Crippen LogP contribution in [-0.2, 0) is 0 Å². The van der Waals surface area contributed by atoms with Crippen molar-refractivity contribution in [3.05, 3.63) is 24.3 Å². The average Bonchev–Trinajstić information content (AvgIpc) is 3.29. The van der Waals surface area contributed by atoms with E-state index in [4.69, 9.17) is 6.58 Å². The Hall–Kier alpha value is -0.600. The van der Waals surface area contributed by atoms with Gasteiger partial charge in [0.05, 0.1) is 0 Å². The molecule has 63 heavy (non-hydrogen) atoms. The third-order valence-electron chi connectivity index (χ3n) is 15.3. The van der Waals surface area contributed by atoms with Gasteiger partial charge in [-0.05, 0) is 129 Å². The standard InChI is InChI=1S/C61H120N2/c1-7-9-11-13-31-40-50-60(51-41-32-14-12-10-8-2)58(3)48-38-29-23-21-27-35-45-55-63(57-47-37-44-54-62(5)6)56-46-36-28-22-24-30-39-49-59(4)61-52-42-33-25-19-17-15-16-18-20-26-34-43-53-61/h60-61H,3-4,7-57H2,1-2,5-6H3. The number of nitrogens with zero attached hydrogens (tertiary/aromatic N) is 2. The summed E-state index contributed by atoms with van der Waals surface area (Å²) < 4.78 is 0. The lowest BCUT2D eigenvalue weighted by atomic mass is 9.86. The fourth-order valence-electron chi connectivity index (χ4n) is 10.8. The summed E-state index contributed by atoms with van der Waals surface area (Å²) in [5.41, 5.74) is 3.21. The number of hydrogen-bond donors (Lipinski definition) is 0. The maximum atomic E-state index is 4.70. The lowest BCUT2D eigenvalue weighted by molar-refractivity contribution is 0.252. The van der Waals surface area contributed by atoms with Gasteiger partial charge in [-0.15, -0.1) is 0 Å². The van der Waals surface area contributed by atoms with Gasteiger partial charge in [0.1, 0.15) is 0 Å². The molecule has 0 unspecified atom stereocenters. The smallest absolute Gasteiger partial charge is 0.00187 e. The third kappa shape index (κ3) is 41.3. The van der Waals surface area contributed by atoms with Crippen LogP contribution >= 0.6 is 0 Å². The second kappa shape index (κ2) is 47.9. The van der Waals surface area contributed by atoms with Crippen molar-refractivity contribution in [3.8, 4) is 0 Å². The highest BCUT2D eigenvalue weighted by Crippen LogP contribution is 2.30. The first-order valence-corrected chi connectivity index (χ1v) is 29.7. The molecule has 2 heteroatoms. The first-order chi connectivity index (χ1) is 31.0. The molecule has 0 aromatic carbocycles. The summed E-state index contributed by atoms with van der Waals surface area (Å²) in [6, 6.07) is 0. The van der Waals surface area contributed by atoms with Crippen LogP contribution in [0, 0.1) is 11.8 Å². The second-order valence-corrected chi connectivity index (χ2v) is 21.8. The van der Waals surface area contributed by atoms with E-state index in [0.717, 1.165) is 11.8 Å². The van der Waals surface area contributed by atoms with Crippen LogP contribution in [0.2, 0.25) is 0 Å². The van der Waals surface area contributed by atoms with Gasteiger partial charge in [-0.3, -0.25) is 0 Å². The quantitative estimate of drug-likeness (QED) is 0.0445. The van der Waals surface area contributed by atoms with E-state index in [9.17, 15) is 0 Å². The molecule has 0 spiro atoms. The van der Waals surface area contributed by atoms with Crippen LogP contribution in [0.15, 0.2) is 24.3 Å². The van der Waals surface area contributed by atoms with Crippen molar-refractivity contribution in [1.29, 1.82) is 0 Å². The molecule has 374 valence electrons. The Morgan fingerprint density at radius 1 is 0.381 bits per heavy atom. The van der Waals surface area contributed by atoms with Crippen molar-refractivity contribution in [2.45, 2.75) is 316 Å². The van der Waals surface area contributed by atoms with E-state index in [1.54, 1.807) is 11.1 Å². The van der Waals surface area contributed by atoms with E-state index in [-0.39, 0.29) is 0 Å². The molecule has 1 aliphatic carbocycles. The van der Waals surface area contributed by atoms with Crippen LogP contribution in [-0.4, -0.2) is 50.1 Å². The van der Waals surface area contributed by atoms with E-state index in [1.807, 2.05) is 0 Å². The molecule has 0 amide bonds. The third-order valence-corrected chi connectivity index (χ3v) is 15.3. The summed E-state index contributed by atoms with van der Waals surface area (Å²) in [6.45, 7) is 19.3. The topological polar surface area (TPSA) is 6.48 Å². The van der Waals surface area contributed by atoms with Crippen molar-refractivity contribution >= 4 is 0 Å². The zero-order valence-electron chi connectivity index (χ0n) is 44.5. The van der Waals surface area contributed by atoms with Crippen molar-refractivity contribution in [2.75, 3.05) is 40.3 Å². The summed E-state index contributed by atoms with van der Waals surface area (Å²) >= 11 is 0. The molecule has 0 heterocycles. The first-order valence-electron chi connectivity index (χ1n) is 29.7. The normalized spacial score (nSPS) is 15.3. The predicted molar refractivity (Wildman–Crippen MR) is 289 cm³/mol. The van der Waals surface area contributed by atoms with Crippen LogP contribution in [0.3, 0.4) is 0 Å². The van der Waals surface area contributed by atoms with Gasteiger partial charge in [-0.25, -0.2) is 0 Å². The molecule has 2 nitrogen and oxygen atoms in total. The molecule has 1 aliphatic rings. The zero-order chi connectivity index (χ0) is 45.5. The highest BCUT2D eigenvalue weighted by Gasteiger charge is 2.14. The van der Waals surface area contributed by atoms with Gasteiger partial charge >= 0.3 is 0 Å². The zero-order valence-corrected chi connectivity index (χ0v) is 44.5. The highest BCUT2D eigenvalue weighted by molar-refractivity contribution is 5.01. The minimum atomic E-state index is 0.794. The highest BCUT2D eigenvalue weighted by atomic mass is 15.1. The maximum absolute atomic E-state index is 4.70. The molecule has 0 aliphatic heterocycles. The summed E-state index contributed by atoms with van der Waals surface area (Å²) in [5, 5.41) is 0. The molecule has 1 rings (SSSR count). The summed E-state index contributed by atoms with van der Waals surface area (Å²) in [5.74, 6) is 1.60. The Bertz CT molecular complexity index is 905. The number of rotatable bonds is 42. The van der Waals surface area contributed by atoms with Gasteiger partial charge in [0, 0.05) is 0 Å². The Labute approximate surface area is 400 Å². The summed E-state index contributed by atoms with van der Waals surface area (Å²) in [4.78, 5) is 5.20. The Morgan fingerprint density at radius 2 is 0.698 bits per heavy atom. The number of unbranched alkanes of at least 4 members (excludes halogenated alkanes) is 24. The second-order valence-electron chi connectivity index (χ2n) is 21.8. The molecule has 0 atom stereocenters. The lowest BCUT2D eigenvalue weighted by Gasteiger charge is -2.22. The minimum Gasteiger partial charge on any atom is -0.309 e. The molecular weight excluding hydrogens is 761 g/mol. The van der Waals surface area contributed by atoms with E-state index in [2.05, 4.69) is 44.3 Å². The molecule has 0 aromatic heterocycles. The average molecular weight is 882 g/mol. The van der Waals surface area contributed by atoms with Gasteiger partial charge in [0.25, 0.3) is 0 Å². The van der Waals surface area contributed by atoms with Crippen LogP contribution in [0.25, 0.3) is 0 Å². The largest absolute Gasteiger partial charge is 0.309 e. The minimum absolute atomic E-state index is 0.794. The molecule has 0 radical (unpaired) electrons. The molecular formula is C61H120N2. The molecule has 0 saturated heterocycles. The van der Waals surface area contributed by atoms with Crippen LogP contribution in [0.5, 0.6) is 0 Å². The van der Waals surface area contributed by atoms with Gasteiger partial charge < -0.3 is 9.80 Å². The fraction of sp³-hybridized carbons (Fsp3) is 0.934. The van der Waals surface area contributed by atoms with Gasteiger partial charge in [-0.1, -0.05) is 263 Å². The molecule has 0 bridgehead atoms. The van der Waals surface area contributed by atoms with Crippen LogP contribution in [0.4, 0.5) is 0 Å². The van der Waals surface area contributed by atoms with Crippen molar-refractivity contribution < 1.29 is 0 Å². The fourth-order valence-corrected chi connectivity index (χ4v) is 10.8. The first kappa shape index (κ1) is 60.4. The Balaban J connectivity index is 2.28. The number of hydrogen-bond acceptors (Lipinski definition) is 2. The molecule has 1 fully saturated rings. The number of allylic oxidation sites excluding steroid dienone is 2. The van der Waals surface area contributed by atoms with Crippen LogP contribution < -0.4 is 0 Å². The van der Waals surface area contributed by atoms with Crippen molar-refractivity contribution in [2.24, 2.45) is 11.8 Å². The lowest BCUT2D eigenvalue weighted by Crippen LogP contribution is -2.27. The molecule has 1 saturated carbocycles. The predicted octanol–water partition coefficient (Wildman–Crippen LogP) is 20.6. The van der Waals surface area contributed by atoms with E-state index in [1.165, 1.54) is 328 Å². The SMILES string of the molecule is C=C(CCCCCCCCCN(CCCCCCCCCC(=C)C1CCCCCCCCCCCCCC1)CCCCCN(C)C)C(CCCCCCCC)CCCCCCCC. The summed E-state index contributed by atoms with van der Waals surface area (Å²) in [7, 11) is 4.44. The summed E-state index contributed by atoms with van der Waals surface area (Å²) in [6.07, 6.45) is 66.8. The Kier molecular flexibility index (Phi) is 45.9. The van der Waals surface area contributed by atoms with Gasteiger partial charge in [0.2, 0.25) is 0 Å². The molecule has 0 N–H and O–H groups in total. The molecule has 0 aromatic rings. The van der Waals surface area contributed by atoms with Crippen molar-refractivity contribution in [3.63, 3.8) is 0 Å². The van der Waals surface area contributed by atoms with Gasteiger partial charge in [-0.2, -0.15) is 0 Å². The van der Waals surface area contributed by atoms with E-state index < -0.39 is 0 Å². The monoisotopic (exact) mass is 881 g/mol. The van der Waals surface area contributed by atoms with E-state index in [0.29, 0.717) is 0 Å². The Morgan fingerprint density at radius 3 is 1.11 bits per heavy atom. The maximum Gasteiger partial charge on any atom is -0.00187 e. The van der Waals surface area contributed by atoms with E-state index >= 15 is 0 Å². The van der Waals surface area contributed by atoms with Crippen LogP contribution in [0.1, 0.15) is 316 Å². The van der Waals surface area contributed by atoms with Crippen molar-refractivity contribution in [1.82, 2.24) is 9.80 Å². The van der Waals surface area contributed by atoms with Gasteiger partial charge in [0.15, 0.2) is 0 Å².